The number of anilines is 1. The summed E-state index contributed by atoms with van der Waals surface area (Å²) in [7, 11) is -3.84. The van der Waals surface area contributed by atoms with Gasteiger partial charge in [-0.2, -0.15) is 0 Å². The van der Waals surface area contributed by atoms with Crippen LogP contribution in [0.4, 0.5) is 10.1 Å². The maximum atomic E-state index is 13.5. The molecule has 1 saturated heterocycles. The highest BCUT2D eigenvalue weighted by molar-refractivity contribution is 7.89. The normalized spacial score (nSPS) is 16.8. The van der Waals surface area contributed by atoms with Crippen LogP contribution in [-0.2, 0) is 24.4 Å². The fraction of sp³-hybridized carbons (Fsp3) is 0.370. The highest BCUT2D eigenvalue weighted by Gasteiger charge is 2.44. The number of nitrogen functional groups attached to an aromatic ring is 1. The average molecular weight is 604 g/mol. The molecule has 5 N–H and O–H groups in total. The standard InChI is InChI=1S/C27H30FN5O8S/c28-20-14-17(6-8-21(20)29)42(39,40)31-12-4-2-1-3-11-30-24(35)15-41-16-5-7-18-19(13-16)27(38)33(26(18)37)22-9-10-23(34)32-25(22)36/h5-8,13-14,22,31H,1-4,9-12,15,29H2,(H,30,35)(H,32,34,36). The number of fused-ring (bicyclic) bond motifs is 1. The number of unbranched alkanes of at least 4 members (excludes halogenated alkanes) is 3. The van der Waals surface area contributed by atoms with E-state index in [1.807, 2.05) is 0 Å². The molecule has 2 aromatic rings. The number of ether oxygens (including phenoxy) is 1. The number of piperidine rings is 1. The van der Waals surface area contributed by atoms with Crippen molar-refractivity contribution < 1.29 is 41.5 Å². The number of carbonyl (C=O) groups excluding carboxylic acids is 5. The molecule has 0 aliphatic carbocycles. The van der Waals surface area contributed by atoms with Gasteiger partial charge in [0.05, 0.1) is 21.7 Å². The van der Waals surface area contributed by atoms with Crippen LogP contribution in [0.15, 0.2) is 41.3 Å². The summed E-state index contributed by atoms with van der Waals surface area (Å²) in [6.45, 7) is 0.219. The van der Waals surface area contributed by atoms with Crippen molar-refractivity contribution in [1.29, 1.82) is 0 Å². The van der Waals surface area contributed by atoms with Crippen LogP contribution in [0.1, 0.15) is 59.2 Å². The molecule has 5 amide bonds. The predicted octanol–water partition coefficient (Wildman–Crippen LogP) is 0.843. The number of imide groups is 2. The first-order chi connectivity index (χ1) is 20.0. The molecule has 224 valence electrons. The lowest BCUT2D eigenvalue weighted by Crippen LogP contribution is -2.54. The number of nitrogens with zero attached hydrogens (tertiary/aromatic N) is 1. The molecule has 15 heteroatoms. The zero-order valence-electron chi connectivity index (χ0n) is 22.5. The van der Waals surface area contributed by atoms with E-state index in [4.69, 9.17) is 10.5 Å². The van der Waals surface area contributed by atoms with E-state index in [2.05, 4.69) is 15.4 Å². The van der Waals surface area contributed by atoms with Gasteiger partial charge in [-0.15, -0.1) is 0 Å². The molecule has 2 aromatic carbocycles. The van der Waals surface area contributed by atoms with Crippen molar-refractivity contribution in [2.24, 2.45) is 0 Å². The molecule has 1 fully saturated rings. The zero-order valence-corrected chi connectivity index (χ0v) is 23.3. The first-order valence-corrected chi connectivity index (χ1v) is 14.8. The number of nitrogens with two attached hydrogens (primary N) is 1. The predicted molar refractivity (Wildman–Crippen MR) is 146 cm³/mol. The summed E-state index contributed by atoms with van der Waals surface area (Å²) in [5, 5.41) is 4.84. The number of rotatable bonds is 13. The van der Waals surface area contributed by atoms with Crippen molar-refractivity contribution >= 4 is 45.2 Å². The van der Waals surface area contributed by atoms with Crippen molar-refractivity contribution in [2.45, 2.75) is 49.5 Å². The third kappa shape index (κ3) is 7.09. The van der Waals surface area contributed by atoms with Gasteiger partial charge < -0.3 is 15.8 Å². The Bertz CT molecular complexity index is 1530. The number of amides is 5. The summed E-state index contributed by atoms with van der Waals surface area (Å²) < 4.78 is 45.9. The first kappa shape index (κ1) is 30.6. The van der Waals surface area contributed by atoms with Crippen molar-refractivity contribution in [3.05, 3.63) is 53.3 Å². The lowest BCUT2D eigenvalue weighted by molar-refractivity contribution is -0.136. The van der Waals surface area contributed by atoms with Crippen LogP contribution in [0, 0.1) is 5.82 Å². The largest absolute Gasteiger partial charge is 0.484 e. The van der Waals surface area contributed by atoms with Gasteiger partial charge in [0.1, 0.15) is 17.6 Å². The second-order valence-corrected chi connectivity index (χ2v) is 11.6. The van der Waals surface area contributed by atoms with Gasteiger partial charge in [0.25, 0.3) is 17.7 Å². The maximum Gasteiger partial charge on any atom is 0.262 e. The number of halogens is 1. The Labute approximate surface area is 241 Å². The minimum atomic E-state index is -3.84. The van der Waals surface area contributed by atoms with Crippen LogP contribution < -0.4 is 25.8 Å². The molecule has 42 heavy (non-hydrogen) atoms. The summed E-state index contributed by atoms with van der Waals surface area (Å²) in [6, 6.07) is 6.40. The van der Waals surface area contributed by atoms with Crippen LogP contribution in [-0.4, -0.2) is 68.6 Å². The van der Waals surface area contributed by atoms with E-state index in [1.54, 1.807) is 0 Å². The van der Waals surface area contributed by atoms with Gasteiger partial charge in [-0.1, -0.05) is 12.8 Å². The number of sulfonamides is 1. The molecular weight excluding hydrogens is 573 g/mol. The molecule has 1 atom stereocenters. The Balaban J connectivity index is 1.13. The number of hydrogen-bond donors (Lipinski definition) is 4. The van der Waals surface area contributed by atoms with E-state index in [9.17, 15) is 36.8 Å². The van der Waals surface area contributed by atoms with Gasteiger partial charge in [0.2, 0.25) is 21.8 Å². The lowest BCUT2D eigenvalue weighted by Gasteiger charge is -2.27. The van der Waals surface area contributed by atoms with Crippen LogP contribution in [0.25, 0.3) is 0 Å². The molecule has 0 spiro atoms. The monoisotopic (exact) mass is 603 g/mol. The Hall–Kier alpha value is -4.37. The maximum absolute atomic E-state index is 13.5. The fourth-order valence-electron chi connectivity index (χ4n) is 4.54. The summed E-state index contributed by atoms with van der Waals surface area (Å²) in [4.78, 5) is 62.0. The molecule has 1 unspecified atom stereocenters. The summed E-state index contributed by atoms with van der Waals surface area (Å²) >= 11 is 0. The topological polar surface area (TPSA) is 194 Å². The number of carbonyl (C=O) groups is 5. The molecule has 13 nitrogen and oxygen atoms in total. The second kappa shape index (κ2) is 13.1. The van der Waals surface area contributed by atoms with Gasteiger partial charge in [-0.05, 0) is 55.7 Å². The Morgan fingerprint density at radius 3 is 2.43 bits per heavy atom. The van der Waals surface area contributed by atoms with E-state index < -0.39 is 51.4 Å². The number of hydrogen-bond acceptors (Lipinski definition) is 9. The second-order valence-electron chi connectivity index (χ2n) is 9.79. The highest BCUT2D eigenvalue weighted by atomic mass is 32.2. The summed E-state index contributed by atoms with van der Waals surface area (Å²) in [5.74, 6) is -3.48. The molecule has 4 rings (SSSR count). The SMILES string of the molecule is Nc1ccc(S(=O)(=O)NCCCCCCNC(=O)COc2ccc3c(c2)C(=O)N(C2CCC(=O)NC2=O)C3=O)cc1F. The first-order valence-electron chi connectivity index (χ1n) is 13.3. The van der Waals surface area contributed by atoms with E-state index >= 15 is 0 Å². The molecule has 0 aromatic heterocycles. The number of nitrogens with one attached hydrogen (secondary N) is 3. The van der Waals surface area contributed by atoms with Gasteiger partial charge in [-0.3, -0.25) is 34.2 Å². The molecule has 2 heterocycles. The smallest absolute Gasteiger partial charge is 0.262 e. The van der Waals surface area contributed by atoms with Crippen molar-refractivity contribution in [2.75, 3.05) is 25.4 Å². The molecule has 0 saturated carbocycles. The summed E-state index contributed by atoms with van der Waals surface area (Å²) in [6.07, 6.45) is 2.68. The molecule has 0 radical (unpaired) electrons. The van der Waals surface area contributed by atoms with Crippen LogP contribution in [0.5, 0.6) is 5.75 Å². The van der Waals surface area contributed by atoms with Crippen molar-refractivity contribution in [3.63, 3.8) is 0 Å². The van der Waals surface area contributed by atoms with Crippen molar-refractivity contribution in [3.8, 4) is 5.75 Å². The molecular formula is C27H30FN5O8S. The van der Waals surface area contributed by atoms with Gasteiger partial charge >= 0.3 is 0 Å². The van der Waals surface area contributed by atoms with Crippen molar-refractivity contribution in [1.82, 2.24) is 20.3 Å². The Morgan fingerprint density at radius 2 is 1.71 bits per heavy atom. The van der Waals surface area contributed by atoms with E-state index in [0.29, 0.717) is 25.8 Å². The summed E-state index contributed by atoms with van der Waals surface area (Å²) in [5.41, 5.74) is 5.39. The van der Waals surface area contributed by atoms with Crippen LogP contribution >= 0.6 is 0 Å². The van der Waals surface area contributed by atoms with Gasteiger partial charge in [0, 0.05) is 19.5 Å². The van der Waals surface area contributed by atoms with E-state index in [1.165, 1.54) is 30.3 Å². The molecule has 2 aliphatic heterocycles. The zero-order chi connectivity index (χ0) is 30.4. The fourth-order valence-corrected chi connectivity index (χ4v) is 5.62. The third-order valence-electron chi connectivity index (χ3n) is 6.78. The number of benzene rings is 2. The van der Waals surface area contributed by atoms with Gasteiger partial charge in [-0.25, -0.2) is 17.5 Å². The lowest BCUT2D eigenvalue weighted by atomic mass is 10.0. The Morgan fingerprint density at radius 1 is 1.00 bits per heavy atom. The molecule has 0 bridgehead atoms. The van der Waals surface area contributed by atoms with Gasteiger partial charge in [0.15, 0.2) is 6.61 Å². The minimum absolute atomic E-state index is 0.0172. The van der Waals surface area contributed by atoms with Crippen LogP contribution in [0.3, 0.4) is 0 Å². The van der Waals surface area contributed by atoms with E-state index in [0.717, 1.165) is 17.4 Å². The van der Waals surface area contributed by atoms with E-state index in [-0.39, 0.29) is 53.5 Å². The van der Waals surface area contributed by atoms with Crippen LogP contribution in [0.2, 0.25) is 0 Å². The quantitative estimate of drug-likeness (QED) is 0.146. The average Bonchev–Trinajstić information content (AvgIpc) is 3.19. The molecule has 2 aliphatic rings. The highest BCUT2D eigenvalue weighted by Crippen LogP contribution is 2.30. The minimum Gasteiger partial charge on any atom is -0.484 e. The third-order valence-corrected chi connectivity index (χ3v) is 8.24. The Kier molecular flexibility index (Phi) is 9.52.